The lowest BCUT2D eigenvalue weighted by Gasteiger charge is -2.13. The number of hydrogen-bond donors (Lipinski definition) is 0. The Hall–Kier alpha value is -2.73. The van der Waals surface area contributed by atoms with E-state index >= 15 is 0 Å². The van der Waals surface area contributed by atoms with Crippen molar-refractivity contribution >= 4 is 34.0 Å². The van der Waals surface area contributed by atoms with E-state index in [2.05, 4.69) is 33.2 Å². The molecule has 2 aromatic carbocycles. The summed E-state index contributed by atoms with van der Waals surface area (Å²) in [7, 11) is 0. The van der Waals surface area contributed by atoms with E-state index in [0.29, 0.717) is 6.61 Å². The number of benzene rings is 2. The Labute approximate surface area is 177 Å². The van der Waals surface area contributed by atoms with Crippen LogP contribution in [-0.4, -0.2) is 23.0 Å². The first-order valence-electron chi connectivity index (χ1n) is 9.68. The maximum Gasteiger partial charge on any atom is 0.254 e. The Morgan fingerprint density at radius 3 is 2.38 bits per heavy atom. The van der Waals surface area contributed by atoms with Gasteiger partial charge in [0.05, 0.1) is 22.5 Å². The van der Waals surface area contributed by atoms with E-state index < -0.39 is 0 Å². The van der Waals surface area contributed by atoms with Crippen LogP contribution in [0.5, 0.6) is 5.75 Å². The van der Waals surface area contributed by atoms with Gasteiger partial charge in [0.25, 0.3) is 11.8 Å². The predicted octanol–water partition coefficient (Wildman–Crippen LogP) is 4.17. The van der Waals surface area contributed by atoms with Crippen LogP contribution in [0.2, 0.25) is 0 Å². The molecule has 4 atom stereocenters. The van der Waals surface area contributed by atoms with Gasteiger partial charge < -0.3 is 4.74 Å². The van der Waals surface area contributed by atoms with Crippen molar-refractivity contribution in [2.24, 2.45) is 28.8 Å². The molecule has 0 aromatic heterocycles. The average molecular weight is 451 g/mol. The van der Waals surface area contributed by atoms with Gasteiger partial charge in [-0.2, -0.15) is 10.1 Å². The number of carbonyl (C=O) groups excluding carboxylic acids is 2. The van der Waals surface area contributed by atoms with Crippen LogP contribution < -0.4 is 4.74 Å². The third-order valence-electron chi connectivity index (χ3n) is 5.96. The largest absolute Gasteiger partial charge is 0.488 e. The minimum atomic E-state index is -0.227. The smallest absolute Gasteiger partial charge is 0.254 e. The van der Waals surface area contributed by atoms with Crippen molar-refractivity contribution in [3.63, 3.8) is 0 Å². The maximum atomic E-state index is 12.7. The van der Waals surface area contributed by atoms with Crippen molar-refractivity contribution in [2.75, 3.05) is 0 Å². The van der Waals surface area contributed by atoms with Crippen LogP contribution in [0.15, 0.2) is 70.3 Å². The maximum absolute atomic E-state index is 12.7. The molecule has 1 saturated carbocycles. The van der Waals surface area contributed by atoms with Crippen molar-refractivity contribution < 1.29 is 14.3 Å². The molecule has 5 rings (SSSR count). The lowest BCUT2D eigenvalue weighted by molar-refractivity contribution is -0.140. The number of halogens is 1. The molecule has 1 heterocycles. The first-order chi connectivity index (χ1) is 14.1. The Kier molecular flexibility index (Phi) is 4.59. The van der Waals surface area contributed by atoms with Crippen LogP contribution in [0.3, 0.4) is 0 Å². The number of allylic oxidation sites excluding steroid dienone is 2. The van der Waals surface area contributed by atoms with Crippen LogP contribution in [0.4, 0.5) is 0 Å². The molecule has 0 N–H and O–H groups in total. The van der Waals surface area contributed by atoms with Crippen LogP contribution in [0.25, 0.3) is 0 Å². The molecule has 3 aliphatic rings. The van der Waals surface area contributed by atoms with Crippen molar-refractivity contribution in [3.8, 4) is 5.75 Å². The third-order valence-corrected chi connectivity index (χ3v) is 6.58. The van der Waals surface area contributed by atoms with Gasteiger partial charge >= 0.3 is 0 Å². The van der Waals surface area contributed by atoms with Gasteiger partial charge in [-0.3, -0.25) is 9.59 Å². The molecule has 2 aliphatic carbocycles. The van der Waals surface area contributed by atoms with Gasteiger partial charge in [-0.1, -0.05) is 42.5 Å². The molecule has 0 unspecified atom stereocenters. The SMILES string of the molecule is O=C1[C@@H]2[C@@H](C(=O)N1/N=C\c1ccc(OCc3ccccc3)c(Br)c1)[C@H]1C=C[C@H]2C1. The lowest BCUT2D eigenvalue weighted by Crippen LogP contribution is -2.28. The molecule has 5 nitrogen and oxygen atoms in total. The first kappa shape index (κ1) is 18.3. The Bertz CT molecular complexity index is 1000. The van der Waals surface area contributed by atoms with Crippen molar-refractivity contribution in [1.29, 1.82) is 0 Å². The summed E-state index contributed by atoms with van der Waals surface area (Å²) in [4.78, 5) is 25.4. The highest BCUT2D eigenvalue weighted by molar-refractivity contribution is 9.10. The number of imide groups is 1. The van der Waals surface area contributed by atoms with E-state index in [1.165, 1.54) is 0 Å². The van der Waals surface area contributed by atoms with Gasteiger partial charge in [0.2, 0.25) is 0 Å². The summed E-state index contributed by atoms with van der Waals surface area (Å²) in [5.41, 5.74) is 1.87. The Morgan fingerprint density at radius 1 is 1.03 bits per heavy atom. The molecule has 1 aliphatic heterocycles. The number of fused-ring (bicyclic) bond motifs is 5. The molecule has 146 valence electrons. The fraction of sp³-hybridized carbons (Fsp3) is 0.261. The monoisotopic (exact) mass is 450 g/mol. The summed E-state index contributed by atoms with van der Waals surface area (Å²) in [6.45, 7) is 0.475. The van der Waals surface area contributed by atoms with E-state index in [9.17, 15) is 9.59 Å². The van der Waals surface area contributed by atoms with Crippen LogP contribution in [-0.2, 0) is 16.2 Å². The highest BCUT2D eigenvalue weighted by Gasteiger charge is 2.59. The lowest BCUT2D eigenvalue weighted by atomic mass is 9.85. The number of hydrazone groups is 1. The van der Waals surface area contributed by atoms with Crippen molar-refractivity contribution in [2.45, 2.75) is 13.0 Å². The summed E-state index contributed by atoms with van der Waals surface area (Å²) < 4.78 is 6.64. The second-order valence-electron chi connectivity index (χ2n) is 7.70. The Balaban J connectivity index is 1.27. The standard InChI is InChI=1S/C23H19BrN2O3/c24-18-10-15(6-9-19(18)29-13-14-4-2-1-3-5-14)12-25-26-22(27)20-16-7-8-17(11-16)21(20)23(26)28/h1-10,12,16-17,20-21H,11,13H2/b25-12-/t16-,17-,20-,21-/m0/s1. The highest BCUT2D eigenvalue weighted by Crippen LogP contribution is 2.52. The van der Waals surface area contributed by atoms with E-state index in [4.69, 9.17) is 4.74 Å². The highest BCUT2D eigenvalue weighted by atomic mass is 79.9. The fourth-order valence-electron chi connectivity index (χ4n) is 4.57. The minimum Gasteiger partial charge on any atom is -0.488 e. The number of nitrogens with zero attached hydrogens (tertiary/aromatic N) is 2. The third kappa shape index (κ3) is 3.21. The van der Waals surface area contributed by atoms with Crippen molar-refractivity contribution in [3.05, 3.63) is 76.3 Å². The second kappa shape index (κ2) is 7.26. The topological polar surface area (TPSA) is 59.0 Å². The van der Waals surface area contributed by atoms with Gasteiger partial charge in [0, 0.05) is 0 Å². The zero-order chi connectivity index (χ0) is 20.0. The molecule has 0 radical (unpaired) electrons. The van der Waals surface area contributed by atoms with Gasteiger partial charge in [0.15, 0.2) is 0 Å². The van der Waals surface area contributed by atoms with Gasteiger partial charge in [-0.15, -0.1) is 0 Å². The fourth-order valence-corrected chi connectivity index (χ4v) is 5.09. The van der Waals surface area contributed by atoms with Crippen LogP contribution >= 0.6 is 15.9 Å². The molecular weight excluding hydrogens is 432 g/mol. The van der Waals surface area contributed by atoms with E-state index in [-0.39, 0.29) is 35.5 Å². The summed E-state index contributed by atoms with van der Waals surface area (Å²) in [6.07, 6.45) is 6.63. The number of hydrogen-bond acceptors (Lipinski definition) is 4. The van der Waals surface area contributed by atoms with Crippen LogP contribution in [0, 0.1) is 23.7 Å². The predicted molar refractivity (Wildman–Crippen MR) is 112 cm³/mol. The molecule has 2 aromatic rings. The van der Waals surface area contributed by atoms with E-state index in [1.54, 1.807) is 6.21 Å². The van der Waals surface area contributed by atoms with Gasteiger partial charge in [-0.25, -0.2) is 0 Å². The molecule has 2 amide bonds. The zero-order valence-corrected chi connectivity index (χ0v) is 17.2. The van der Waals surface area contributed by atoms with Gasteiger partial charge in [0.1, 0.15) is 12.4 Å². The Morgan fingerprint density at radius 2 is 1.72 bits per heavy atom. The number of carbonyl (C=O) groups is 2. The molecule has 2 fully saturated rings. The molecule has 6 heteroatoms. The summed E-state index contributed by atoms with van der Waals surface area (Å²) in [5.74, 6) is 0.306. The summed E-state index contributed by atoms with van der Waals surface area (Å²) >= 11 is 3.52. The minimum absolute atomic E-state index is 0.171. The van der Waals surface area contributed by atoms with E-state index in [1.807, 2.05) is 48.5 Å². The first-order valence-corrected chi connectivity index (χ1v) is 10.5. The quantitative estimate of drug-likeness (QED) is 0.390. The number of amides is 2. The zero-order valence-electron chi connectivity index (χ0n) is 15.6. The average Bonchev–Trinajstić information content (AvgIpc) is 3.41. The number of rotatable bonds is 5. The normalized spacial score (nSPS) is 27.3. The van der Waals surface area contributed by atoms with Crippen LogP contribution in [0.1, 0.15) is 17.5 Å². The molecule has 29 heavy (non-hydrogen) atoms. The van der Waals surface area contributed by atoms with Gasteiger partial charge in [-0.05, 0) is 63.5 Å². The molecular formula is C23H19BrN2O3. The molecule has 1 saturated heterocycles. The summed E-state index contributed by atoms with van der Waals surface area (Å²) in [6, 6.07) is 15.5. The van der Waals surface area contributed by atoms with E-state index in [0.717, 1.165) is 32.8 Å². The second-order valence-corrected chi connectivity index (χ2v) is 8.55. The van der Waals surface area contributed by atoms with Crippen molar-refractivity contribution in [1.82, 2.24) is 5.01 Å². The molecule has 0 spiro atoms. The summed E-state index contributed by atoms with van der Waals surface area (Å²) in [5, 5.41) is 5.28. The number of ether oxygens (including phenoxy) is 1. The molecule has 2 bridgehead atoms.